The maximum atomic E-state index is 14.1. The van der Waals surface area contributed by atoms with Crippen LogP contribution in [0.1, 0.15) is 42.9 Å². The zero-order valence-electron chi connectivity index (χ0n) is 28.4. The number of rotatable bonds is 7. The minimum atomic E-state index is -4.50. The number of aromatic nitrogens is 2. The van der Waals surface area contributed by atoms with Crippen LogP contribution in [0.4, 0.5) is 23.7 Å². The van der Waals surface area contributed by atoms with Crippen LogP contribution in [0.2, 0.25) is 0 Å². The van der Waals surface area contributed by atoms with Gasteiger partial charge in [-0.15, -0.1) is 0 Å². The highest BCUT2D eigenvalue weighted by Crippen LogP contribution is 2.33. The Labute approximate surface area is 311 Å². The van der Waals surface area contributed by atoms with E-state index in [1.165, 1.54) is 16.7 Å². The topological polar surface area (TPSA) is 123 Å². The van der Waals surface area contributed by atoms with Gasteiger partial charge < -0.3 is 30.7 Å². The minimum Gasteiger partial charge on any atom is -0.397 e. The lowest BCUT2D eigenvalue weighted by Gasteiger charge is -2.43. The van der Waals surface area contributed by atoms with Crippen molar-refractivity contribution in [2.24, 2.45) is 0 Å². The summed E-state index contributed by atoms with van der Waals surface area (Å²) in [5.74, 6) is -0.133. The Morgan fingerprint density at radius 3 is 2.18 bits per heavy atom. The molecular weight excluding hydrogens is 797 g/mol. The number of imidazole rings is 1. The minimum absolute atomic E-state index is 0.133. The summed E-state index contributed by atoms with van der Waals surface area (Å²) in [6.07, 6.45) is 0.477. The predicted molar refractivity (Wildman–Crippen MR) is 196 cm³/mol. The van der Waals surface area contributed by atoms with Gasteiger partial charge >= 0.3 is 17.9 Å². The molecule has 4 N–H and O–H groups in total. The average Bonchev–Trinajstić information content (AvgIpc) is 3.51. The average molecular weight is 841 g/mol. The molecule has 0 radical (unpaired) electrons. The van der Waals surface area contributed by atoms with Crippen LogP contribution in [-0.4, -0.2) is 113 Å². The second-order valence-electron chi connectivity index (χ2n) is 13.8. The number of piperidine rings is 2. The summed E-state index contributed by atoms with van der Waals surface area (Å²) in [6.45, 7) is 5.58. The number of hydrogen-bond acceptors (Lipinski definition) is 6. The van der Waals surface area contributed by atoms with Crippen molar-refractivity contribution in [2.45, 2.75) is 56.4 Å². The third-order valence-corrected chi connectivity index (χ3v) is 11.7. The molecule has 11 nitrogen and oxygen atoms in total. The first-order valence-corrected chi connectivity index (χ1v) is 18.8. The molecule has 51 heavy (non-hydrogen) atoms. The molecule has 3 saturated heterocycles. The van der Waals surface area contributed by atoms with Crippen molar-refractivity contribution in [3.63, 3.8) is 0 Å². The van der Waals surface area contributed by atoms with Crippen LogP contribution in [0.25, 0.3) is 11.3 Å². The number of likely N-dealkylation sites (tertiary alicyclic amines) is 2. The van der Waals surface area contributed by atoms with E-state index in [0.717, 1.165) is 56.7 Å². The smallest absolute Gasteiger partial charge is 0.397 e. The fourth-order valence-electron chi connectivity index (χ4n) is 7.36. The molecule has 2 aromatic carbocycles. The number of nitrogens with two attached hydrogens (primary N) is 1. The van der Waals surface area contributed by atoms with Gasteiger partial charge in [0.25, 0.3) is 0 Å². The first-order chi connectivity index (χ1) is 24.3. The molecule has 1 atom stereocenters. The standard InChI is InChI=1S/C35H43Br2F3N8O3/c1-44-9-5-25(6-10-44)45-13-15-46(16-14-45)32(49)29(19-22-17-27(36)31(41)28(37)18-22)42-33(50)47-11-7-26(8-12-47)48-21-30(43-34(48)51)23-3-2-4-24(20-23)35(38,39)40/h2-4,17-18,20-21,25-26,29H,5-16,19,41H2,1H3,(H,42,50)(H,43,51)/t29-/m0/s1. The van der Waals surface area contributed by atoms with Crippen molar-refractivity contribution in [3.8, 4) is 11.3 Å². The lowest BCUT2D eigenvalue weighted by molar-refractivity contribution is -0.137. The third-order valence-electron chi connectivity index (χ3n) is 10.4. The number of nitrogens with zero attached hydrogens (tertiary/aromatic N) is 5. The van der Waals surface area contributed by atoms with Crippen LogP contribution in [-0.2, 0) is 17.4 Å². The van der Waals surface area contributed by atoms with Crippen LogP contribution in [0, 0.1) is 0 Å². The molecule has 0 aliphatic carbocycles. The molecular formula is C35H43Br2F3N8O3. The molecule has 276 valence electrons. The number of hydrogen-bond donors (Lipinski definition) is 3. The zero-order valence-corrected chi connectivity index (χ0v) is 31.6. The van der Waals surface area contributed by atoms with E-state index in [2.05, 4.69) is 59.0 Å². The van der Waals surface area contributed by atoms with Crippen LogP contribution >= 0.6 is 31.9 Å². The molecule has 0 bridgehead atoms. The Morgan fingerprint density at radius 2 is 1.55 bits per heavy atom. The lowest BCUT2D eigenvalue weighted by atomic mass is 10.0. The summed E-state index contributed by atoms with van der Waals surface area (Å²) in [5, 5.41) is 3.02. The highest BCUT2D eigenvalue weighted by atomic mass is 79.9. The Hall–Kier alpha value is -3.34. The molecule has 3 aliphatic rings. The number of carbonyl (C=O) groups is 2. The molecule has 3 aromatic rings. The Morgan fingerprint density at radius 1 is 0.922 bits per heavy atom. The van der Waals surface area contributed by atoms with Crippen LogP contribution < -0.4 is 16.7 Å². The molecule has 6 rings (SSSR count). The molecule has 4 heterocycles. The van der Waals surface area contributed by atoms with E-state index < -0.39 is 23.5 Å². The van der Waals surface area contributed by atoms with Gasteiger partial charge in [0.1, 0.15) is 6.04 Å². The number of aromatic amines is 1. The lowest BCUT2D eigenvalue weighted by Crippen LogP contribution is -2.59. The number of nitrogen functional groups attached to an aromatic ring is 1. The number of alkyl halides is 3. The van der Waals surface area contributed by atoms with Gasteiger partial charge in [0, 0.05) is 78.5 Å². The van der Waals surface area contributed by atoms with Crippen LogP contribution in [0.3, 0.4) is 0 Å². The summed E-state index contributed by atoms with van der Waals surface area (Å²) < 4.78 is 42.7. The molecule has 0 unspecified atom stereocenters. The van der Waals surface area contributed by atoms with Crippen molar-refractivity contribution in [2.75, 3.05) is 65.1 Å². The maximum absolute atomic E-state index is 14.1. The van der Waals surface area contributed by atoms with Gasteiger partial charge in [-0.25, -0.2) is 9.59 Å². The number of H-pyrrole nitrogens is 1. The quantitative estimate of drug-likeness (QED) is 0.283. The van der Waals surface area contributed by atoms with Gasteiger partial charge in [-0.1, -0.05) is 12.1 Å². The second kappa shape index (κ2) is 15.7. The zero-order chi connectivity index (χ0) is 36.4. The van der Waals surface area contributed by atoms with Crippen molar-refractivity contribution >= 4 is 49.5 Å². The van der Waals surface area contributed by atoms with Crippen LogP contribution in [0.5, 0.6) is 0 Å². The van der Waals surface area contributed by atoms with E-state index >= 15 is 0 Å². The number of benzene rings is 2. The van der Waals surface area contributed by atoms with Gasteiger partial charge in [-0.3, -0.25) is 14.3 Å². The molecule has 0 spiro atoms. The highest BCUT2D eigenvalue weighted by Gasteiger charge is 2.34. The Kier molecular flexibility index (Phi) is 11.5. The third kappa shape index (κ3) is 8.83. The summed E-state index contributed by atoms with van der Waals surface area (Å²) in [4.78, 5) is 51.7. The maximum Gasteiger partial charge on any atom is 0.416 e. The van der Waals surface area contributed by atoms with Gasteiger partial charge in [0.15, 0.2) is 0 Å². The summed E-state index contributed by atoms with van der Waals surface area (Å²) >= 11 is 6.98. The second-order valence-corrected chi connectivity index (χ2v) is 15.5. The van der Waals surface area contributed by atoms with Crippen LogP contribution in [0.15, 0.2) is 56.3 Å². The number of piperazine rings is 1. The predicted octanol–water partition coefficient (Wildman–Crippen LogP) is 5.17. The van der Waals surface area contributed by atoms with Gasteiger partial charge in [-0.2, -0.15) is 13.2 Å². The SMILES string of the molecule is CN1CCC(N2CCN(C(=O)[C@H](Cc3cc(Br)c(N)c(Br)c3)NC(=O)N3CCC(n4cc(-c5cccc(C(F)(F)F)c5)[nH]c4=O)CC3)CC2)CC1. The van der Waals surface area contributed by atoms with E-state index in [9.17, 15) is 27.6 Å². The van der Waals surface area contributed by atoms with Gasteiger partial charge in [0.05, 0.1) is 16.9 Å². The molecule has 3 fully saturated rings. The molecule has 3 aliphatic heterocycles. The van der Waals surface area contributed by atoms with E-state index in [1.807, 2.05) is 17.0 Å². The first kappa shape index (κ1) is 37.4. The molecule has 3 amide bonds. The normalized spacial score (nSPS) is 19.3. The van der Waals surface area contributed by atoms with E-state index in [1.54, 1.807) is 11.1 Å². The molecule has 0 saturated carbocycles. The molecule has 16 heteroatoms. The fourth-order valence-corrected chi connectivity index (χ4v) is 8.64. The molecule has 1 aromatic heterocycles. The number of nitrogens with one attached hydrogen (secondary N) is 2. The van der Waals surface area contributed by atoms with E-state index in [4.69, 9.17) is 5.73 Å². The van der Waals surface area contributed by atoms with Crippen molar-refractivity contribution < 1.29 is 22.8 Å². The fraction of sp³-hybridized carbons (Fsp3) is 0.514. The summed E-state index contributed by atoms with van der Waals surface area (Å²) in [5.41, 5.74) is 6.82. The monoisotopic (exact) mass is 838 g/mol. The highest BCUT2D eigenvalue weighted by molar-refractivity contribution is 9.11. The van der Waals surface area contributed by atoms with Crippen molar-refractivity contribution in [1.82, 2.24) is 34.5 Å². The van der Waals surface area contributed by atoms with Crippen molar-refractivity contribution in [3.05, 3.63) is 73.2 Å². The Bertz CT molecular complexity index is 1750. The number of carbonyl (C=O) groups excluding carboxylic acids is 2. The first-order valence-electron chi connectivity index (χ1n) is 17.3. The summed E-state index contributed by atoms with van der Waals surface area (Å²) in [7, 11) is 2.15. The number of halogens is 5. The number of anilines is 1. The largest absolute Gasteiger partial charge is 0.416 e. The Balaban J connectivity index is 1.10. The van der Waals surface area contributed by atoms with Gasteiger partial charge in [0.2, 0.25) is 5.91 Å². The number of amides is 3. The van der Waals surface area contributed by atoms with E-state index in [-0.39, 0.29) is 30.0 Å². The van der Waals surface area contributed by atoms with E-state index in [0.29, 0.717) is 65.4 Å². The summed E-state index contributed by atoms with van der Waals surface area (Å²) in [6, 6.07) is 7.65. The van der Waals surface area contributed by atoms with Gasteiger partial charge in [-0.05, 0) is 108 Å². The van der Waals surface area contributed by atoms with Crippen molar-refractivity contribution in [1.29, 1.82) is 0 Å². The number of urea groups is 1.